The number of rotatable bonds is 4. The smallest absolute Gasteiger partial charge is 0.255 e. The molecule has 1 N–H and O–H groups in total. The summed E-state index contributed by atoms with van der Waals surface area (Å²) in [5.74, 6) is -0.219. The van der Waals surface area contributed by atoms with Crippen molar-refractivity contribution in [2.24, 2.45) is 0 Å². The van der Waals surface area contributed by atoms with Crippen molar-refractivity contribution in [3.8, 4) is 21.7 Å². The second kappa shape index (κ2) is 8.26. The average molecular weight is 443 g/mol. The van der Waals surface area contributed by atoms with Gasteiger partial charge in [-0.2, -0.15) is 0 Å². The minimum atomic E-state index is -0.219. The molecule has 0 aliphatic rings. The number of anilines is 1. The summed E-state index contributed by atoms with van der Waals surface area (Å²) in [6, 6.07) is 20.5. The largest absolute Gasteiger partial charge is 0.322 e. The van der Waals surface area contributed by atoms with Crippen LogP contribution in [-0.4, -0.2) is 20.9 Å². The van der Waals surface area contributed by atoms with Crippen molar-refractivity contribution >= 4 is 44.7 Å². The molecule has 3 heterocycles. The van der Waals surface area contributed by atoms with Crippen molar-refractivity contribution < 1.29 is 4.79 Å². The monoisotopic (exact) mass is 442 g/mol. The molecule has 7 heteroatoms. The summed E-state index contributed by atoms with van der Waals surface area (Å²) >= 11 is 7.61. The number of benzene rings is 2. The molecule has 1 amide bonds. The molecule has 150 valence electrons. The highest BCUT2D eigenvalue weighted by molar-refractivity contribution is 7.21. The molecular weight excluding hydrogens is 428 g/mol. The maximum absolute atomic E-state index is 12.6. The molecule has 0 aliphatic carbocycles. The van der Waals surface area contributed by atoms with Crippen LogP contribution in [0, 0.1) is 0 Å². The lowest BCUT2D eigenvalue weighted by Gasteiger charge is -2.08. The summed E-state index contributed by atoms with van der Waals surface area (Å²) in [7, 11) is 0. The number of hydrogen-bond acceptors (Lipinski definition) is 5. The lowest BCUT2D eigenvalue weighted by molar-refractivity contribution is 0.102. The number of halogens is 1. The van der Waals surface area contributed by atoms with Gasteiger partial charge in [-0.15, -0.1) is 11.3 Å². The quantitative estimate of drug-likeness (QED) is 0.353. The SMILES string of the molecule is O=C(Nc1cccc(-c2ncnc3sc(-c4ccncc4)cc23)c1)c1cccc(Cl)c1. The first-order valence-electron chi connectivity index (χ1n) is 9.50. The third kappa shape index (κ3) is 4.03. The molecule has 0 atom stereocenters. The number of thiophene rings is 1. The highest BCUT2D eigenvalue weighted by Gasteiger charge is 2.13. The van der Waals surface area contributed by atoms with Crippen molar-refractivity contribution in [3.63, 3.8) is 0 Å². The Kier molecular flexibility index (Phi) is 5.16. The Morgan fingerprint density at radius 3 is 2.58 bits per heavy atom. The molecule has 31 heavy (non-hydrogen) atoms. The van der Waals surface area contributed by atoms with Gasteiger partial charge < -0.3 is 5.32 Å². The fraction of sp³-hybridized carbons (Fsp3) is 0. The van der Waals surface area contributed by atoms with Gasteiger partial charge >= 0.3 is 0 Å². The van der Waals surface area contributed by atoms with Crippen LogP contribution in [0.3, 0.4) is 0 Å². The topological polar surface area (TPSA) is 67.8 Å². The average Bonchev–Trinajstić information content (AvgIpc) is 3.24. The molecule has 5 rings (SSSR count). The predicted octanol–water partition coefficient (Wildman–Crippen LogP) is 6.33. The number of amides is 1. The van der Waals surface area contributed by atoms with E-state index in [9.17, 15) is 4.79 Å². The zero-order valence-electron chi connectivity index (χ0n) is 16.1. The van der Waals surface area contributed by atoms with Crippen molar-refractivity contribution in [2.75, 3.05) is 5.32 Å². The lowest BCUT2D eigenvalue weighted by atomic mass is 10.1. The first kappa shape index (κ1) is 19.4. The second-order valence-corrected chi connectivity index (χ2v) is 8.30. The van der Waals surface area contributed by atoms with E-state index >= 15 is 0 Å². The van der Waals surface area contributed by atoms with Crippen molar-refractivity contribution in [3.05, 3.63) is 96.0 Å². The molecule has 3 aromatic heterocycles. The van der Waals surface area contributed by atoms with Gasteiger partial charge in [0.2, 0.25) is 0 Å². The maximum atomic E-state index is 12.6. The fourth-order valence-electron chi connectivity index (χ4n) is 3.32. The number of aromatic nitrogens is 3. The number of nitrogens with one attached hydrogen (secondary N) is 1. The Bertz CT molecular complexity index is 1400. The van der Waals surface area contributed by atoms with Crippen LogP contribution in [0.1, 0.15) is 10.4 Å². The van der Waals surface area contributed by atoms with Gasteiger partial charge in [-0.25, -0.2) is 9.97 Å². The van der Waals surface area contributed by atoms with Crippen LogP contribution in [-0.2, 0) is 0 Å². The van der Waals surface area contributed by atoms with Crippen LogP contribution in [0.5, 0.6) is 0 Å². The lowest BCUT2D eigenvalue weighted by Crippen LogP contribution is -2.11. The number of carbonyl (C=O) groups is 1. The zero-order valence-corrected chi connectivity index (χ0v) is 17.7. The van der Waals surface area contributed by atoms with Gasteiger partial charge in [-0.1, -0.05) is 29.8 Å². The van der Waals surface area contributed by atoms with E-state index in [-0.39, 0.29) is 5.91 Å². The first-order chi connectivity index (χ1) is 15.2. The Balaban J connectivity index is 1.49. The fourth-order valence-corrected chi connectivity index (χ4v) is 4.52. The van der Waals surface area contributed by atoms with Gasteiger partial charge in [-0.3, -0.25) is 9.78 Å². The number of pyridine rings is 1. The van der Waals surface area contributed by atoms with E-state index in [0.717, 1.165) is 31.9 Å². The molecule has 0 bridgehead atoms. The summed E-state index contributed by atoms with van der Waals surface area (Å²) in [4.78, 5) is 27.7. The molecule has 0 radical (unpaired) electrons. The summed E-state index contributed by atoms with van der Waals surface area (Å²) < 4.78 is 0. The summed E-state index contributed by atoms with van der Waals surface area (Å²) in [5, 5.41) is 4.42. The molecule has 0 aliphatic heterocycles. The number of fused-ring (bicyclic) bond motifs is 1. The summed E-state index contributed by atoms with van der Waals surface area (Å²) in [6.45, 7) is 0. The molecule has 0 spiro atoms. The Hall–Kier alpha value is -3.61. The number of carbonyl (C=O) groups excluding carboxylic acids is 1. The second-order valence-electron chi connectivity index (χ2n) is 6.83. The van der Waals surface area contributed by atoms with Gasteiger partial charge in [0.05, 0.1) is 5.69 Å². The molecule has 0 saturated carbocycles. The zero-order chi connectivity index (χ0) is 21.2. The van der Waals surface area contributed by atoms with Crippen LogP contribution in [0.4, 0.5) is 5.69 Å². The van der Waals surface area contributed by atoms with Crippen molar-refractivity contribution in [1.82, 2.24) is 15.0 Å². The van der Waals surface area contributed by atoms with Crippen LogP contribution < -0.4 is 5.32 Å². The van der Waals surface area contributed by atoms with E-state index in [1.807, 2.05) is 36.4 Å². The van der Waals surface area contributed by atoms with Gasteiger partial charge in [0, 0.05) is 44.5 Å². The van der Waals surface area contributed by atoms with E-state index in [1.54, 1.807) is 54.3 Å². The third-order valence-electron chi connectivity index (χ3n) is 4.77. The van der Waals surface area contributed by atoms with Crippen LogP contribution in [0.25, 0.3) is 31.9 Å². The van der Waals surface area contributed by atoms with E-state index < -0.39 is 0 Å². The van der Waals surface area contributed by atoms with Gasteiger partial charge in [0.1, 0.15) is 11.2 Å². The van der Waals surface area contributed by atoms with Gasteiger partial charge in [0.25, 0.3) is 5.91 Å². The van der Waals surface area contributed by atoms with Crippen LogP contribution >= 0.6 is 22.9 Å². The number of nitrogens with zero attached hydrogens (tertiary/aromatic N) is 3. The molecule has 0 saturated heterocycles. The Morgan fingerprint density at radius 1 is 0.903 bits per heavy atom. The van der Waals surface area contributed by atoms with Gasteiger partial charge in [-0.05, 0) is 54.1 Å². The summed E-state index contributed by atoms with van der Waals surface area (Å²) in [5.41, 5.74) is 3.99. The normalized spacial score (nSPS) is 10.9. The minimum absolute atomic E-state index is 0.219. The molecule has 0 fully saturated rings. The Labute approximate surface area is 187 Å². The van der Waals surface area contributed by atoms with Crippen LogP contribution in [0.2, 0.25) is 5.02 Å². The van der Waals surface area contributed by atoms with Crippen molar-refractivity contribution in [2.45, 2.75) is 0 Å². The van der Waals surface area contributed by atoms with Gasteiger partial charge in [0.15, 0.2) is 0 Å². The molecule has 0 unspecified atom stereocenters. The third-order valence-corrected chi connectivity index (χ3v) is 6.10. The molecule has 2 aromatic carbocycles. The van der Waals surface area contributed by atoms with Crippen LogP contribution in [0.15, 0.2) is 85.5 Å². The van der Waals surface area contributed by atoms with E-state index in [2.05, 4.69) is 26.3 Å². The van der Waals surface area contributed by atoms with E-state index in [0.29, 0.717) is 16.3 Å². The standard InChI is InChI=1S/C24H15ClN4OS/c25-18-5-1-4-17(11-18)23(30)29-19-6-2-3-16(12-19)22-20-13-21(15-7-9-26-10-8-15)31-24(20)28-14-27-22/h1-14H,(H,29,30). The minimum Gasteiger partial charge on any atom is -0.322 e. The van der Waals surface area contributed by atoms with E-state index in [4.69, 9.17) is 11.6 Å². The Morgan fingerprint density at radius 2 is 1.74 bits per heavy atom. The predicted molar refractivity (Wildman–Crippen MR) is 125 cm³/mol. The molecule has 5 nitrogen and oxygen atoms in total. The highest BCUT2D eigenvalue weighted by Crippen LogP contribution is 2.36. The molecular formula is C24H15ClN4OS. The molecule has 5 aromatic rings. The first-order valence-corrected chi connectivity index (χ1v) is 10.7. The van der Waals surface area contributed by atoms with E-state index in [1.165, 1.54) is 0 Å². The maximum Gasteiger partial charge on any atom is 0.255 e. The van der Waals surface area contributed by atoms with Crippen molar-refractivity contribution in [1.29, 1.82) is 0 Å². The highest BCUT2D eigenvalue weighted by atomic mass is 35.5. The number of hydrogen-bond donors (Lipinski definition) is 1. The summed E-state index contributed by atoms with van der Waals surface area (Å²) in [6.07, 6.45) is 5.12.